The van der Waals surface area contributed by atoms with Gasteiger partial charge in [0.05, 0.1) is 13.2 Å². The predicted octanol–water partition coefficient (Wildman–Crippen LogP) is 6.17. The van der Waals surface area contributed by atoms with Crippen molar-refractivity contribution in [1.29, 1.82) is 0 Å². The van der Waals surface area contributed by atoms with Crippen molar-refractivity contribution < 1.29 is 36.2 Å². The Morgan fingerprint density at radius 1 is 0.857 bits per heavy atom. The Morgan fingerprint density at radius 3 is 1.97 bits per heavy atom. The van der Waals surface area contributed by atoms with Crippen LogP contribution < -0.4 is 10.5 Å². The third kappa shape index (κ3) is 5.95. The van der Waals surface area contributed by atoms with Crippen LogP contribution in [0, 0.1) is 46.8 Å². The van der Waals surface area contributed by atoms with Gasteiger partial charge in [-0.15, -0.1) is 0 Å². The van der Waals surface area contributed by atoms with E-state index in [0.717, 1.165) is 44.2 Å². The van der Waals surface area contributed by atoms with E-state index in [4.69, 9.17) is 19.9 Å². The molecule has 2 N–H and O–H groups in total. The molecule has 0 radical (unpaired) electrons. The van der Waals surface area contributed by atoms with Gasteiger partial charge < -0.3 is 19.9 Å². The van der Waals surface area contributed by atoms with Crippen LogP contribution in [0.1, 0.15) is 56.4 Å². The van der Waals surface area contributed by atoms with Crippen molar-refractivity contribution in [2.45, 2.75) is 58.0 Å². The highest BCUT2D eigenvalue weighted by atomic mass is 19.2. The molecule has 0 spiro atoms. The Bertz CT molecular complexity index is 974. The fraction of sp³-hybridized carbons (Fsp3) is 0.538. The number of hydrogen-bond acceptors (Lipinski definition) is 4. The van der Waals surface area contributed by atoms with E-state index < -0.39 is 47.7 Å². The summed E-state index contributed by atoms with van der Waals surface area (Å²) < 4.78 is 85.6. The number of hydrogen-bond donors (Lipinski definition) is 1. The fourth-order valence-corrected chi connectivity index (χ4v) is 5.06. The van der Waals surface area contributed by atoms with E-state index in [1.54, 1.807) is 0 Å². The van der Waals surface area contributed by atoms with Gasteiger partial charge in [0.1, 0.15) is 6.61 Å². The van der Waals surface area contributed by atoms with E-state index in [-0.39, 0.29) is 23.1 Å². The third-order valence-electron chi connectivity index (χ3n) is 7.20. The van der Waals surface area contributed by atoms with Crippen LogP contribution in [0.3, 0.4) is 0 Å². The second kappa shape index (κ2) is 11.2. The van der Waals surface area contributed by atoms with Gasteiger partial charge >= 0.3 is 0 Å². The first kappa shape index (κ1) is 25.9. The summed E-state index contributed by atoms with van der Waals surface area (Å²) in [5, 5.41) is 0. The molecule has 4 rings (SSSR count). The maximum absolute atomic E-state index is 14.6. The summed E-state index contributed by atoms with van der Waals surface area (Å²) in [5.41, 5.74) is 6.25. The van der Waals surface area contributed by atoms with Crippen LogP contribution in [0.4, 0.5) is 22.0 Å². The highest BCUT2D eigenvalue weighted by Crippen LogP contribution is 2.39. The van der Waals surface area contributed by atoms with Crippen molar-refractivity contribution in [3.63, 3.8) is 0 Å². The maximum Gasteiger partial charge on any atom is 0.194 e. The molecule has 1 saturated carbocycles. The smallest absolute Gasteiger partial charge is 0.194 e. The van der Waals surface area contributed by atoms with Crippen LogP contribution in [-0.4, -0.2) is 19.3 Å². The van der Waals surface area contributed by atoms with Crippen LogP contribution in [0.15, 0.2) is 24.3 Å². The molecule has 1 unspecified atom stereocenters. The molecule has 0 aromatic heterocycles. The van der Waals surface area contributed by atoms with E-state index in [0.29, 0.717) is 37.2 Å². The largest absolute Gasteiger partial charge is 0.483 e. The van der Waals surface area contributed by atoms with Gasteiger partial charge in [0, 0.05) is 17.5 Å². The SMILES string of the molecule is CCC(N)C1CCC(C2COC(c3cc(F)c(OCc4cc(F)c(F)c(F)c4)c(F)c3)OC2)CC1. The summed E-state index contributed by atoms with van der Waals surface area (Å²) in [7, 11) is 0. The van der Waals surface area contributed by atoms with E-state index in [1.807, 2.05) is 0 Å². The highest BCUT2D eigenvalue weighted by molar-refractivity contribution is 5.32. The van der Waals surface area contributed by atoms with Gasteiger partial charge in [-0.3, -0.25) is 0 Å². The molecule has 1 saturated heterocycles. The molecule has 1 atom stereocenters. The van der Waals surface area contributed by atoms with Crippen molar-refractivity contribution >= 4 is 0 Å². The van der Waals surface area contributed by atoms with E-state index >= 15 is 0 Å². The molecular formula is C26H30F5NO3. The lowest BCUT2D eigenvalue weighted by molar-refractivity contribution is -0.215. The average Bonchev–Trinajstić information content (AvgIpc) is 2.86. The minimum atomic E-state index is -1.63. The first-order valence-corrected chi connectivity index (χ1v) is 12.0. The standard InChI is InChI=1S/C26H30F5NO3/c1-2-23(32)16-5-3-15(4-6-16)18-12-34-26(35-13-18)17-9-21(29)25(22(30)10-17)33-11-14-7-19(27)24(31)20(28)8-14/h7-10,15-16,18,23,26H,2-6,11-13,32H2,1H3. The van der Waals surface area contributed by atoms with Crippen LogP contribution in [0.2, 0.25) is 0 Å². The third-order valence-corrected chi connectivity index (χ3v) is 7.20. The molecule has 2 fully saturated rings. The summed E-state index contributed by atoms with van der Waals surface area (Å²) in [6.07, 6.45) is 4.39. The normalized spacial score (nSPS) is 25.9. The number of nitrogens with two attached hydrogens (primary N) is 1. The molecule has 0 amide bonds. The molecule has 4 nitrogen and oxygen atoms in total. The molecule has 9 heteroatoms. The van der Waals surface area contributed by atoms with Gasteiger partial charge in [-0.1, -0.05) is 6.92 Å². The Labute approximate surface area is 201 Å². The molecule has 2 aromatic carbocycles. The second-order valence-electron chi connectivity index (χ2n) is 9.48. The lowest BCUT2D eigenvalue weighted by atomic mass is 9.73. The Balaban J connectivity index is 1.33. The zero-order valence-corrected chi connectivity index (χ0v) is 19.5. The molecular weight excluding hydrogens is 469 g/mol. The highest BCUT2D eigenvalue weighted by Gasteiger charge is 2.34. The number of benzene rings is 2. The van der Waals surface area contributed by atoms with Gasteiger partial charge in [-0.2, -0.15) is 0 Å². The van der Waals surface area contributed by atoms with Crippen LogP contribution in [0.25, 0.3) is 0 Å². The average molecular weight is 500 g/mol. The maximum atomic E-state index is 14.6. The van der Waals surface area contributed by atoms with Crippen molar-refractivity contribution in [1.82, 2.24) is 0 Å². The van der Waals surface area contributed by atoms with Gasteiger partial charge in [0.2, 0.25) is 0 Å². The second-order valence-corrected chi connectivity index (χ2v) is 9.48. The first-order valence-electron chi connectivity index (χ1n) is 12.0. The van der Waals surface area contributed by atoms with Gasteiger partial charge in [-0.25, -0.2) is 22.0 Å². The topological polar surface area (TPSA) is 53.7 Å². The summed E-state index contributed by atoms with van der Waals surface area (Å²) >= 11 is 0. The summed E-state index contributed by atoms with van der Waals surface area (Å²) in [6.45, 7) is 2.43. The van der Waals surface area contributed by atoms with Crippen LogP contribution in [-0.2, 0) is 16.1 Å². The zero-order valence-electron chi connectivity index (χ0n) is 19.5. The van der Waals surface area contributed by atoms with Crippen molar-refractivity contribution in [2.75, 3.05) is 13.2 Å². The minimum absolute atomic E-state index is 0.111. The Kier molecular flexibility index (Phi) is 8.29. The molecule has 2 aliphatic rings. The summed E-state index contributed by atoms with van der Waals surface area (Å²) in [4.78, 5) is 0. The van der Waals surface area contributed by atoms with Crippen molar-refractivity contribution in [3.05, 3.63) is 64.5 Å². The quantitative estimate of drug-likeness (QED) is 0.366. The van der Waals surface area contributed by atoms with Gasteiger partial charge in [-0.05, 0) is 73.8 Å². The summed E-state index contributed by atoms with van der Waals surface area (Å²) in [6, 6.07) is 3.74. The molecule has 1 heterocycles. The number of halogens is 5. The Morgan fingerprint density at radius 2 is 1.43 bits per heavy atom. The van der Waals surface area contributed by atoms with E-state index in [2.05, 4.69) is 6.92 Å². The molecule has 0 bridgehead atoms. The zero-order chi connectivity index (χ0) is 25.1. The Hall–Kier alpha value is -2.23. The van der Waals surface area contributed by atoms with Crippen molar-refractivity contribution in [3.8, 4) is 5.75 Å². The molecule has 1 aliphatic carbocycles. The molecule has 192 valence electrons. The molecule has 2 aromatic rings. The van der Waals surface area contributed by atoms with Crippen LogP contribution >= 0.6 is 0 Å². The first-order chi connectivity index (χ1) is 16.8. The summed E-state index contributed by atoms with van der Waals surface area (Å²) in [5.74, 6) is -5.94. The van der Waals surface area contributed by atoms with E-state index in [1.165, 1.54) is 0 Å². The van der Waals surface area contributed by atoms with Gasteiger partial charge in [0.25, 0.3) is 0 Å². The lowest BCUT2D eigenvalue weighted by Crippen LogP contribution is -2.37. The van der Waals surface area contributed by atoms with Gasteiger partial charge in [0.15, 0.2) is 41.1 Å². The van der Waals surface area contributed by atoms with E-state index in [9.17, 15) is 22.0 Å². The lowest BCUT2D eigenvalue weighted by Gasteiger charge is -2.39. The van der Waals surface area contributed by atoms with Crippen molar-refractivity contribution in [2.24, 2.45) is 23.5 Å². The minimum Gasteiger partial charge on any atom is -0.483 e. The fourth-order valence-electron chi connectivity index (χ4n) is 5.06. The predicted molar refractivity (Wildman–Crippen MR) is 119 cm³/mol. The molecule has 1 aliphatic heterocycles. The monoisotopic (exact) mass is 499 g/mol. The number of ether oxygens (including phenoxy) is 3. The van der Waals surface area contributed by atoms with Crippen LogP contribution in [0.5, 0.6) is 5.75 Å². The molecule has 35 heavy (non-hydrogen) atoms. The number of rotatable bonds is 7.